The topological polar surface area (TPSA) is 57.1 Å². The maximum Gasteiger partial charge on any atom is 0.363 e. The van der Waals surface area contributed by atoms with Gasteiger partial charge in [-0.2, -0.15) is 0 Å². The zero-order chi connectivity index (χ0) is 24.2. The van der Waals surface area contributed by atoms with Gasteiger partial charge in [-0.3, -0.25) is 0 Å². The van der Waals surface area contributed by atoms with E-state index in [4.69, 9.17) is 14.2 Å². The minimum absolute atomic E-state index is 0.214. The van der Waals surface area contributed by atoms with Gasteiger partial charge in [0.15, 0.2) is 17.2 Å². The van der Waals surface area contributed by atoms with E-state index in [1.807, 2.05) is 61.5 Å². The van der Waals surface area contributed by atoms with Crippen molar-refractivity contribution in [1.29, 1.82) is 0 Å². The van der Waals surface area contributed by atoms with Crippen LogP contribution in [-0.2, 0) is 16.1 Å². The lowest BCUT2D eigenvalue weighted by Crippen LogP contribution is -2.05. The van der Waals surface area contributed by atoms with Crippen molar-refractivity contribution in [3.05, 3.63) is 93.1 Å². The van der Waals surface area contributed by atoms with E-state index in [-0.39, 0.29) is 11.6 Å². The molecule has 0 atom stereocenters. The molecule has 0 bridgehead atoms. The first-order chi connectivity index (χ1) is 16.3. The second-order valence-electron chi connectivity index (χ2n) is 7.14. The Balaban J connectivity index is 1.61. The first kappa shape index (κ1) is 25.6. The maximum atomic E-state index is 12.5. The smallest absolute Gasteiger partial charge is 0.363 e. The summed E-state index contributed by atoms with van der Waals surface area (Å²) in [5.41, 5.74) is 2.72. The Morgan fingerprint density at radius 3 is 2.47 bits per heavy atom. The van der Waals surface area contributed by atoms with Gasteiger partial charge in [-0.05, 0) is 144 Å². The van der Waals surface area contributed by atoms with Gasteiger partial charge >= 0.3 is 5.97 Å². The Morgan fingerprint density at radius 2 is 1.76 bits per heavy atom. The van der Waals surface area contributed by atoms with Gasteiger partial charge in [0.1, 0.15) is 6.61 Å². The van der Waals surface area contributed by atoms with Crippen LogP contribution in [0, 0.1) is 7.14 Å². The minimum Gasteiger partial charge on any atom is -0.490 e. The van der Waals surface area contributed by atoms with Crippen molar-refractivity contribution in [2.45, 2.75) is 13.5 Å². The summed E-state index contributed by atoms with van der Waals surface area (Å²) >= 11 is 11.6. The summed E-state index contributed by atoms with van der Waals surface area (Å²) in [5, 5.41) is 0. The molecule has 0 N–H and O–H groups in total. The van der Waals surface area contributed by atoms with Crippen molar-refractivity contribution in [2.75, 3.05) is 6.61 Å². The van der Waals surface area contributed by atoms with Gasteiger partial charge < -0.3 is 14.2 Å². The molecule has 3 aromatic carbocycles. The van der Waals surface area contributed by atoms with Crippen LogP contribution < -0.4 is 9.47 Å². The number of hydrogen-bond donors (Lipinski definition) is 0. The van der Waals surface area contributed by atoms with Crippen LogP contribution in [0.15, 0.2) is 74.2 Å². The molecule has 9 heteroatoms. The van der Waals surface area contributed by atoms with Gasteiger partial charge in [-0.15, -0.1) is 0 Å². The number of ether oxygens (including phenoxy) is 3. The minimum atomic E-state index is -0.502. The third-order valence-corrected chi connectivity index (χ3v) is 8.36. The normalized spacial score (nSPS) is 14.2. The van der Waals surface area contributed by atoms with E-state index in [9.17, 15) is 4.79 Å². The van der Waals surface area contributed by atoms with Crippen LogP contribution in [0.3, 0.4) is 0 Å². The van der Waals surface area contributed by atoms with Crippen molar-refractivity contribution < 1.29 is 19.0 Å². The van der Waals surface area contributed by atoms with Crippen LogP contribution in [0.25, 0.3) is 6.08 Å². The number of nitrogens with zero attached hydrogens (tertiary/aromatic N) is 1. The lowest BCUT2D eigenvalue weighted by molar-refractivity contribution is -0.129. The van der Waals surface area contributed by atoms with E-state index in [0.717, 1.165) is 24.7 Å². The monoisotopic (exact) mass is 807 g/mol. The molecule has 0 aliphatic carbocycles. The SMILES string of the molecule is CCOc1cc(/C=C2\N=C(c3ccc(I)c(Br)c3)OC2=O)cc(Br)c1OCc1ccc(I)cc1. The number of aliphatic imine (C=N–C) groups is 1. The molecule has 0 saturated carbocycles. The van der Waals surface area contributed by atoms with Gasteiger partial charge in [0.2, 0.25) is 5.90 Å². The summed E-state index contributed by atoms with van der Waals surface area (Å²) in [7, 11) is 0. The van der Waals surface area contributed by atoms with Gasteiger partial charge in [-0.1, -0.05) is 12.1 Å². The zero-order valence-corrected chi connectivity index (χ0v) is 25.3. The summed E-state index contributed by atoms with van der Waals surface area (Å²) in [4.78, 5) is 16.9. The van der Waals surface area contributed by atoms with Gasteiger partial charge in [0.25, 0.3) is 0 Å². The molecule has 1 heterocycles. The highest BCUT2D eigenvalue weighted by molar-refractivity contribution is 14.1. The van der Waals surface area contributed by atoms with E-state index in [2.05, 4.69) is 82.0 Å². The molecule has 1 aliphatic rings. The van der Waals surface area contributed by atoms with E-state index in [1.54, 1.807) is 6.08 Å². The Morgan fingerprint density at radius 1 is 1.00 bits per heavy atom. The Kier molecular flexibility index (Phi) is 8.70. The van der Waals surface area contributed by atoms with Crippen molar-refractivity contribution in [2.24, 2.45) is 4.99 Å². The molecule has 0 fully saturated rings. The summed E-state index contributed by atoms with van der Waals surface area (Å²) in [6.45, 7) is 2.78. The summed E-state index contributed by atoms with van der Waals surface area (Å²) < 4.78 is 21.2. The van der Waals surface area contributed by atoms with Crippen LogP contribution in [-0.4, -0.2) is 18.5 Å². The van der Waals surface area contributed by atoms with E-state index < -0.39 is 5.97 Å². The predicted molar refractivity (Wildman–Crippen MR) is 156 cm³/mol. The van der Waals surface area contributed by atoms with Crippen LogP contribution >= 0.6 is 77.0 Å². The van der Waals surface area contributed by atoms with Crippen molar-refractivity contribution in [3.63, 3.8) is 0 Å². The van der Waals surface area contributed by atoms with Crippen LogP contribution in [0.2, 0.25) is 0 Å². The molecule has 0 amide bonds. The molecule has 4 rings (SSSR count). The molecule has 1 aliphatic heterocycles. The molecule has 174 valence electrons. The van der Waals surface area contributed by atoms with Gasteiger partial charge in [-0.25, -0.2) is 9.79 Å². The highest BCUT2D eigenvalue weighted by atomic mass is 127. The molecular formula is C25H17Br2I2NO4. The molecule has 0 aromatic heterocycles. The number of hydrogen-bond acceptors (Lipinski definition) is 5. The Labute approximate surface area is 241 Å². The standard InChI is InChI=1S/C25H17Br2I2NO4/c1-2-32-22-11-15(9-19(27)23(22)33-13-14-3-6-17(28)7-4-14)10-21-25(31)34-24(30-21)16-5-8-20(29)18(26)12-16/h3-12H,2,13H2,1H3/b21-10-. The lowest BCUT2D eigenvalue weighted by Gasteiger charge is -2.15. The molecular weight excluding hydrogens is 792 g/mol. The van der Waals surface area contributed by atoms with Crippen LogP contribution in [0.4, 0.5) is 0 Å². The zero-order valence-electron chi connectivity index (χ0n) is 17.8. The fourth-order valence-electron chi connectivity index (χ4n) is 3.13. The number of rotatable bonds is 7. The number of esters is 1. The molecule has 34 heavy (non-hydrogen) atoms. The summed E-state index contributed by atoms with van der Waals surface area (Å²) in [6, 6.07) is 17.5. The van der Waals surface area contributed by atoms with Crippen molar-refractivity contribution in [3.8, 4) is 11.5 Å². The van der Waals surface area contributed by atoms with E-state index in [1.165, 1.54) is 3.57 Å². The molecule has 0 radical (unpaired) electrons. The first-order valence-corrected chi connectivity index (χ1v) is 13.9. The summed E-state index contributed by atoms with van der Waals surface area (Å²) in [5.74, 6) is 0.948. The fraction of sp³-hybridized carbons (Fsp3) is 0.120. The summed E-state index contributed by atoms with van der Waals surface area (Å²) in [6.07, 6.45) is 1.67. The Bertz CT molecular complexity index is 1310. The first-order valence-electron chi connectivity index (χ1n) is 10.2. The number of carbonyl (C=O) groups excluding carboxylic acids is 1. The second-order valence-corrected chi connectivity index (χ2v) is 11.3. The maximum absolute atomic E-state index is 12.5. The largest absolute Gasteiger partial charge is 0.490 e. The van der Waals surface area contributed by atoms with Crippen LogP contribution in [0.5, 0.6) is 11.5 Å². The number of halogens is 4. The lowest BCUT2D eigenvalue weighted by atomic mass is 10.1. The van der Waals surface area contributed by atoms with Crippen molar-refractivity contribution >= 4 is 95.0 Å². The quantitative estimate of drug-likeness (QED) is 0.139. The Hall–Kier alpha value is -1.44. The highest BCUT2D eigenvalue weighted by Crippen LogP contribution is 2.38. The fourth-order valence-corrected chi connectivity index (χ4v) is 4.78. The van der Waals surface area contributed by atoms with E-state index in [0.29, 0.717) is 29.2 Å². The number of benzene rings is 3. The predicted octanol–water partition coefficient (Wildman–Crippen LogP) is 7.74. The number of cyclic esters (lactones) is 1. The number of carbonyl (C=O) groups is 1. The molecule has 0 unspecified atom stereocenters. The highest BCUT2D eigenvalue weighted by Gasteiger charge is 2.25. The van der Waals surface area contributed by atoms with E-state index >= 15 is 0 Å². The van der Waals surface area contributed by atoms with Crippen molar-refractivity contribution in [1.82, 2.24) is 0 Å². The third-order valence-electron chi connectivity index (χ3n) is 4.72. The van der Waals surface area contributed by atoms with Gasteiger partial charge in [0, 0.05) is 17.2 Å². The molecule has 0 saturated heterocycles. The third kappa shape index (κ3) is 6.21. The second kappa shape index (κ2) is 11.5. The molecule has 5 nitrogen and oxygen atoms in total. The average molecular weight is 809 g/mol. The average Bonchev–Trinajstić information content (AvgIpc) is 3.16. The molecule has 3 aromatic rings. The van der Waals surface area contributed by atoms with Crippen LogP contribution in [0.1, 0.15) is 23.6 Å². The molecule has 0 spiro atoms. The van der Waals surface area contributed by atoms with Gasteiger partial charge in [0.05, 0.1) is 11.1 Å².